The Hall–Kier alpha value is -2.58. The van der Waals surface area contributed by atoms with Gasteiger partial charge in [0, 0.05) is 62.6 Å². The summed E-state index contributed by atoms with van der Waals surface area (Å²) in [5.41, 5.74) is 4.68. The van der Waals surface area contributed by atoms with E-state index in [0.29, 0.717) is 5.75 Å². The Morgan fingerprint density at radius 1 is 1.07 bits per heavy atom. The number of anilines is 2. The Morgan fingerprint density at radius 3 is 2.46 bits per heavy atom. The number of nitrogens with zero attached hydrogens (tertiary/aromatic N) is 5. The minimum absolute atomic E-state index is 0.687. The van der Waals surface area contributed by atoms with Crippen molar-refractivity contribution in [3.63, 3.8) is 0 Å². The maximum Gasteiger partial charge on any atom is 0.154 e. The molecule has 1 unspecified atom stereocenters. The number of aromatic nitrogens is 3. The fourth-order valence-electron chi connectivity index (χ4n) is 3.47. The average molecular weight is 397 g/mol. The molecule has 0 amide bonds. The molecular formula is C20H24N6OS. The molecule has 0 saturated carbocycles. The number of rotatable bonds is 5. The summed E-state index contributed by atoms with van der Waals surface area (Å²) in [6.07, 6.45) is 3.37. The fraction of sp³-hybridized carbons (Fsp3) is 0.350. The molecule has 8 heteroatoms. The highest BCUT2D eigenvalue weighted by atomic mass is 32.2. The van der Waals surface area contributed by atoms with E-state index < -0.39 is 11.0 Å². The molecule has 1 aliphatic heterocycles. The molecule has 3 heterocycles. The van der Waals surface area contributed by atoms with Gasteiger partial charge in [-0.2, -0.15) is 0 Å². The number of hydrogen-bond acceptors (Lipinski definition) is 6. The molecule has 146 valence electrons. The first kappa shape index (κ1) is 18.8. The molecule has 28 heavy (non-hydrogen) atoms. The molecule has 0 bridgehead atoms. The van der Waals surface area contributed by atoms with Crippen LogP contribution in [-0.4, -0.2) is 62.4 Å². The van der Waals surface area contributed by atoms with Crippen LogP contribution in [0.25, 0.3) is 22.3 Å². The molecule has 7 nitrogen and oxygen atoms in total. The lowest BCUT2D eigenvalue weighted by Gasteiger charge is -2.35. The minimum Gasteiger partial charge on any atom is -0.371 e. The number of nitrogens with one attached hydrogen (secondary N) is 1. The summed E-state index contributed by atoms with van der Waals surface area (Å²) < 4.78 is 14.0. The van der Waals surface area contributed by atoms with Crippen LogP contribution in [0.5, 0.6) is 0 Å². The Morgan fingerprint density at radius 2 is 1.79 bits per heavy atom. The summed E-state index contributed by atoms with van der Waals surface area (Å²) in [7, 11) is 0.995. The van der Waals surface area contributed by atoms with Gasteiger partial charge >= 0.3 is 0 Å². The van der Waals surface area contributed by atoms with Crippen LogP contribution in [0.3, 0.4) is 0 Å². The summed E-state index contributed by atoms with van der Waals surface area (Å²) in [6, 6.07) is 10.4. The van der Waals surface area contributed by atoms with Crippen LogP contribution in [0, 0.1) is 0 Å². The number of piperazine rings is 1. The quantitative estimate of drug-likeness (QED) is 0.714. The number of fused-ring (bicyclic) bond motifs is 1. The van der Waals surface area contributed by atoms with Crippen molar-refractivity contribution < 1.29 is 4.21 Å². The van der Waals surface area contributed by atoms with Gasteiger partial charge in [-0.25, -0.2) is 18.5 Å². The largest absolute Gasteiger partial charge is 0.371 e. The molecule has 1 aromatic carbocycles. The van der Waals surface area contributed by atoms with Crippen molar-refractivity contribution in [2.45, 2.75) is 6.92 Å². The third-order valence-corrected chi connectivity index (χ3v) is 6.43. The highest BCUT2D eigenvalue weighted by Crippen LogP contribution is 2.27. The molecule has 1 N–H and O–H groups in total. The predicted molar refractivity (Wildman–Crippen MR) is 115 cm³/mol. The smallest absolute Gasteiger partial charge is 0.154 e. The summed E-state index contributed by atoms with van der Waals surface area (Å²) in [4.78, 5) is 15.8. The van der Waals surface area contributed by atoms with Gasteiger partial charge in [0.05, 0.1) is 22.2 Å². The van der Waals surface area contributed by atoms with Crippen molar-refractivity contribution in [2.75, 3.05) is 49.2 Å². The molecule has 1 fully saturated rings. The van der Waals surface area contributed by atoms with Crippen molar-refractivity contribution >= 4 is 33.5 Å². The molecule has 0 aliphatic carbocycles. The second-order valence-electron chi connectivity index (χ2n) is 6.60. The Bertz CT molecular complexity index is 986. The van der Waals surface area contributed by atoms with E-state index in [4.69, 9.17) is 4.98 Å². The van der Waals surface area contributed by atoms with E-state index in [2.05, 4.69) is 48.8 Å². The average Bonchev–Trinajstić information content (AvgIpc) is 2.78. The maximum absolute atomic E-state index is 12.0. The molecule has 1 atom stereocenters. The van der Waals surface area contributed by atoms with Crippen LogP contribution in [0.15, 0.2) is 42.7 Å². The second-order valence-corrected chi connectivity index (χ2v) is 8.34. The number of hydrogen-bond donors (Lipinski definition) is 1. The molecule has 2 aromatic heterocycles. The van der Waals surface area contributed by atoms with E-state index in [0.717, 1.165) is 54.3 Å². The first-order valence-corrected chi connectivity index (χ1v) is 10.8. The van der Waals surface area contributed by atoms with E-state index in [9.17, 15) is 4.21 Å². The van der Waals surface area contributed by atoms with Crippen molar-refractivity contribution in [1.29, 1.82) is 0 Å². The third-order valence-electron chi connectivity index (χ3n) is 5.00. The van der Waals surface area contributed by atoms with Gasteiger partial charge in [0.1, 0.15) is 5.52 Å². The Kier molecular flexibility index (Phi) is 5.50. The van der Waals surface area contributed by atoms with E-state index in [-0.39, 0.29) is 0 Å². The van der Waals surface area contributed by atoms with Gasteiger partial charge in [-0.3, -0.25) is 4.98 Å². The van der Waals surface area contributed by atoms with Gasteiger partial charge in [-0.1, -0.05) is 19.1 Å². The van der Waals surface area contributed by atoms with Gasteiger partial charge in [0.15, 0.2) is 5.82 Å². The van der Waals surface area contributed by atoms with Crippen LogP contribution in [-0.2, 0) is 11.0 Å². The molecule has 4 rings (SSSR count). The monoisotopic (exact) mass is 396 g/mol. The lowest BCUT2D eigenvalue weighted by Crippen LogP contribution is -2.47. The highest BCUT2D eigenvalue weighted by Gasteiger charge is 2.20. The zero-order valence-electron chi connectivity index (χ0n) is 16.1. The van der Waals surface area contributed by atoms with Gasteiger partial charge < -0.3 is 10.2 Å². The van der Waals surface area contributed by atoms with E-state index in [1.54, 1.807) is 12.4 Å². The molecule has 0 radical (unpaired) electrons. The van der Waals surface area contributed by atoms with Crippen LogP contribution < -0.4 is 10.2 Å². The van der Waals surface area contributed by atoms with Gasteiger partial charge in [0.25, 0.3) is 0 Å². The first-order valence-electron chi connectivity index (χ1n) is 9.48. The molecule has 0 spiro atoms. The first-order chi connectivity index (χ1) is 13.7. The van der Waals surface area contributed by atoms with Gasteiger partial charge in [-0.15, -0.1) is 0 Å². The van der Waals surface area contributed by atoms with E-state index >= 15 is 0 Å². The van der Waals surface area contributed by atoms with Gasteiger partial charge in [-0.05, 0) is 18.2 Å². The zero-order chi connectivity index (χ0) is 19.5. The van der Waals surface area contributed by atoms with Crippen molar-refractivity contribution in [1.82, 2.24) is 19.3 Å². The number of pyridine rings is 1. The third kappa shape index (κ3) is 3.70. The minimum atomic E-state index is -0.847. The maximum atomic E-state index is 12.0. The summed E-state index contributed by atoms with van der Waals surface area (Å²) in [5, 5.41) is 3.11. The summed E-state index contributed by atoms with van der Waals surface area (Å²) in [6.45, 7) is 5.40. The van der Waals surface area contributed by atoms with E-state index in [1.807, 2.05) is 20.0 Å². The molecule has 3 aromatic rings. The lowest BCUT2D eigenvalue weighted by atomic mass is 10.1. The zero-order valence-corrected chi connectivity index (χ0v) is 16.9. The summed E-state index contributed by atoms with van der Waals surface area (Å²) in [5.74, 6) is 1.41. The fourth-order valence-corrected chi connectivity index (χ4v) is 4.41. The lowest BCUT2D eigenvalue weighted by molar-refractivity contribution is 0.410. The SMILES string of the molecule is CCS(=O)N1CCN(c2ccc(-c3cc4nccnc4c(NC)n3)cc2)CC1. The topological polar surface area (TPSA) is 74.2 Å². The molecule has 1 aliphatic rings. The van der Waals surface area contributed by atoms with Crippen molar-refractivity contribution in [2.24, 2.45) is 0 Å². The predicted octanol–water partition coefficient (Wildman–Crippen LogP) is 2.54. The van der Waals surface area contributed by atoms with Gasteiger partial charge in [0.2, 0.25) is 0 Å². The van der Waals surface area contributed by atoms with Crippen molar-refractivity contribution in [3.8, 4) is 11.3 Å². The standard InChI is InChI=1S/C20H24N6OS/c1-3-28(27)26-12-10-25(11-13-26)16-6-4-15(5-7-16)17-14-18-19(20(21-2)24-17)23-9-8-22-18/h4-9,14H,3,10-13H2,1-2H3,(H,21,24). The highest BCUT2D eigenvalue weighted by molar-refractivity contribution is 7.82. The normalized spacial score (nSPS) is 16.3. The van der Waals surface area contributed by atoms with Crippen LogP contribution >= 0.6 is 0 Å². The second kappa shape index (κ2) is 8.20. The Balaban J connectivity index is 1.54. The van der Waals surface area contributed by atoms with E-state index in [1.165, 1.54) is 5.69 Å². The van der Waals surface area contributed by atoms with Crippen LogP contribution in [0.4, 0.5) is 11.5 Å². The van der Waals surface area contributed by atoms with Crippen molar-refractivity contribution in [3.05, 3.63) is 42.7 Å². The van der Waals surface area contributed by atoms with Crippen LogP contribution in [0.1, 0.15) is 6.92 Å². The molecular weight excluding hydrogens is 372 g/mol. The summed E-state index contributed by atoms with van der Waals surface area (Å²) >= 11 is 0. The molecule has 1 saturated heterocycles. The van der Waals surface area contributed by atoms with Crippen LogP contribution in [0.2, 0.25) is 0 Å². The Labute approximate surface area is 167 Å². The number of benzene rings is 1.